The number of aromatic nitrogens is 3. The topological polar surface area (TPSA) is 78.9 Å². The smallest absolute Gasteiger partial charge is 0.335 e. The summed E-state index contributed by atoms with van der Waals surface area (Å²) >= 11 is 0. The summed E-state index contributed by atoms with van der Waals surface area (Å²) in [5.41, 5.74) is 0.723. The van der Waals surface area contributed by atoms with Crippen molar-refractivity contribution in [2.45, 2.75) is 0 Å². The highest BCUT2D eigenvalue weighted by molar-refractivity contribution is 5.88. The molecular formula is C9H7N3O2. The molecule has 2 N–H and O–H groups in total. The van der Waals surface area contributed by atoms with Crippen molar-refractivity contribution >= 4 is 5.97 Å². The molecule has 0 unspecified atom stereocenters. The maximum Gasteiger partial charge on any atom is 0.335 e. The minimum Gasteiger partial charge on any atom is -0.478 e. The minimum atomic E-state index is -0.972. The van der Waals surface area contributed by atoms with E-state index in [-0.39, 0.29) is 5.56 Å². The predicted molar refractivity (Wildman–Crippen MR) is 48.8 cm³/mol. The number of carbonyl (C=O) groups is 1. The Morgan fingerprint density at radius 2 is 2.21 bits per heavy atom. The quantitative estimate of drug-likeness (QED) is 0.743. The summed E-state index contributed by atoms with van der Waals surface area (Å²) in [6.45, 7) is 0. The summed E-state index contributed by atoms with van der Waals surface area (Å²) in [4.78, 5) is 21.5. The van der Waals surface area contributed by atoms with E-state index in [1.807, 2.05) is 0 Å². The van der Waals surface area contributed by atoms with Gasteiger partial charge in [-0.25, -0.2) is 9.78 Å². The summed E-state index contributed by atoms with van der Waals surface area (Å²) in [5.74, 6) is -0.409. The minimum absolute atomic E-state index is 0.200. The highest BCUT2D eigenvalue weighted by Gasteiger charge is 2.06. The van der Waals surface area contributed by atoms with E-state index < -0.39 is 5.97 Å². The van der Waals surface area contributed by atoms with Crippen molar-refractivity contribution in [1.82, 2.24) is 15.0 Å². The van der Waals surface area contributed by atoms with Gasteiger partial charge in [-0.2, -0.15) is 0 Å². The lowest BCUT2D eigenvalue weighted by Gasteiger charge is -1.97. The van der Waals surface area contributed by atoms with Crippen LogP contribution in [0.15, 0.2) is 30.7 Å². The second-order valence-electron chi connectivity index (χ2n) is 2.67. The maximum absolute atomic E-state index is 10.7. The summed E-state index contributed by atoms with van der Waals surface area (Å²) < 4.78 is 0. The molecule has 2 aromatic rings. The van der Waals surface area contributed by atoms with Crippen LogP contribution in [-0.4, -0.2) is 26.0 Å². The third-order valence-electron chi connectivity index (χ3n) is 1.75. The molecule has 0 saturated heterocycles. The van der Waals surface area contributed by atoms with Crippen molar-refractivity contribution in [2.75, 3.05) is 0 Å². The molecule has 14 heavy (non-hydrogen) atoms. The SMILES string of the molecule is O=C(O)c1ccnc(-c2ncc[nH]2)c1. The zero-order valence-electron chi connectivity index (χ0n) is 7.14. The van der Waals surface area contributed by atoms with Gasteiger partial charge in [0.2, 0.25) is 0 Å². The number of hydrogen-bond acceptors (Lipinski definition) is 3. The van der Waals surface area contributed by atoms with E-state index in [0.717, 1.165) is 0 Å². The molecule has 70 valence electrons. The molecule has 0 spiro atoms. The van der Waals surface area contributed by atoms with Gasteiger partial charge in [0, 0.05) is 18.6 Å². The largest absolute Gasteiger partial charge is 0.478 e. The first-order chi connectivity index (χ1) is 6.77. The molecule has 0 bridgehead atoms. The number of imidazole rings is 1. The van der Waals surface area contributed by atoms with Gasteiger partial charge in [0.15, 0.2) is 5.82 Å². The second kappa shape index (κ2) is 3.29. The predicted octanol–water partition coefficient (Wildman–Crippen LogP) is 1.17. The van der Waals surface area contributed by atoms with E-state index in [1.54, 1.807) is 12.4 Å². The zero-order chi connectivity index (χ0) is 9.97. The number of H-pyrrole nitrogens is 1. The summed E-state index contributed by atoms with van der Waals surface area (Å²) in [6, 6.07) is 2.91. The molecule has 0 aromatic carbocycles. The third-order valence-corrected chi connectivity index (χ3v) is 1.75. The molecule has 0 aliphatic heterocycles. The molecule has 5 heteroatoms. The number of aromatic carboxylic acids is 1. The molecule has 0 aliphatic rings. The van der Waals surface area contributed by atoms with Crippen molar-refractivity contribution in [1.29, 1.82) is 0 Å². The van der Waals surface area contributed by atoms with E-state index in [2.05, 4.69) is 15.0 Å². The third kappa shape index (κ3) is 1.47. The molecule has 5 nitrogen and oxygen atoms in total. The number of nitrogens with zero attached hydrogens (tertiary/aromatic N) is 2. The zero-order valence-corrected chi connectivity index (χ0v) is 7.14. The van der Waals surface area contributed by atoms with Gasteiger partial charge in [-0.3, -0.25) is 4.98 Å². The molecule has 0 amide bonds. The fourth-order valence-corrected chi connectivity index (χ4v) is 1.10. The standard InChI is InChI=1S/C9H7N3O2/c13-9(14)6-1-2-10-7(5-6)8-11-3-4-12-8/h1-5H,(H,11,12)(H,13,14). The summed E-state index contributed by atoms with van der Waals surface area (Å²) in [5, 5.41) is 8.75. The van der Waals surface area contributed by atoms with Crippen LogP contribution in [0.5, 0.6) is 0 Å². The van der Waals surface area contributed by atoms with Crippen molar-refractivity contribution in [2.24, 2.45) is 0 Å². The van der Waals surface area contributed by atoms with Crippen molar-refractivity contribution < 1.29 is 9.90 Å². The van der Waals surface area contributed by atoms with Crippen LogP contribution < -0.4 is 0 Å². The van der Waals surface area contributed by atoms with Crippen LogP contribution in [0, 0.1) is 0 Å². The molecular weight excluding hydrogens is 182 g/mol. The summed E-state index contributed by atoms with van der Waals surface area (Å²) in [6.07, 6.45) is 4.69. The molecule has 2 aromatic heterocycles. The van der Waals surface area contributed by atoms with Crippen LogP contribution in [0.2, 0.25) is 0 Å². The lowest BCUT2D eigenvalue weighted by molar-refractivity contribution is 0.0697. The lowest BCUT2D eigenvalue weighted by Crippen LogP contribution is -1.97. The first kappa shape index (κ1) is 8.43. The molecule has 0 saturated carbocycles. The molecule has 2 rings (SSSR count). The Bertz CT molecular complexity index is 451. The average Bonchev–Trinajstić information content (AvgIpc) is 2.71. The Kier molecular flexibility index (Phi) is 1.98. The van der Waals surface area contributed by atoms with Gasteiger partial charge in [0.25, 0.3) is 0 Å². The molecule has 0 radical (unpaired) electrons. The Morgan fingerprint density at radius 1 is 1.36 bits per heavy atom. The van der Waals surface area contributed by atoms with Gasteiger partial charge in [0.1, 0.15) is 5.69 Å². The molecule has 2 heterocycles. The number of rotatable bonds is 2. The van der Waals surface area contributed by atoms with Crippen LogP contribution in [0.3, 0.4) is 0 Å². The number of pyridine rings is 1. The van der Waals surface area contributed by atoms with E-state index in [4.69, 9.17) is 5.11 Å². The lowest BCUT2D eigenvalue weighted by atomic mass is 10.2. The molecule has 0 aliphatic carbocycles. The number of nitrogens with one attached hydrogen (secondary N) is 1. The van der Waals surface area contributed by atoms with Crippen molar-refractivity contribution in [3.8, 4) is 11.5 Å². The van der Waals surface area contributed by atoms with Gasteiger partial charge in [0.05, 0.1) is 5.56 Å². The van der Waals surface area contributed by atoms with Gasteiger partial charge in [-0.05, 0) is 12.1 Å². The van der Waals surface area contributed by atoms with Gasteiger partial charge >= 0.3 is 5.97 Å². The van der Waals surface area contributed by atoms with Gasteiger partial charge < -0.3 is 10.1 Å². The number of hydrogen-bond donors (Lipinski definition) is 2. The number of carboxylic acids is 1. The maximum atomic E-state index is 10.7. The van der Waals surface area contributed by atoms with Crippen molar-refractivity contribution in [3.63, 3.8) is 0 Å². The highest BCUT2D eigenvalue weighted by Crippen LogP contribution is 2.12. The fourth-order valence-electron chi connectivity index (χ4n) is 1.10. The Labute approximate surface area is 79.5 Å². The highest BCUT2D eigenvalue weighted by atomic mass is 16.4. The van der Waals surface area contributed by atoms with Crippen LogP contribution in [0.1, 0.15) is 10.4 Å². The van der Waals surface area contributed by atoms with E-state index in [1.165, 1.54) is 18.3 Å². The van der Waals surface area contributed by atoms with E-state index >= 15 is 0 Å². The average molecular weight is 189 g/mol. The fraction of sp³-hybridized carbons (Fsp3) is 0. The first-order valence-electron chi connectivity index (χ1n) is 3.96. The number of carboxylic acid groups (broad SMARTS) is 1. The van der Waals surface area contributed by atoms with Crippen molar-refractivity contribution in [3.05, 3.63) is 36.3 Å². The molecule has 0 atom stereocenters. The van der Waals surface area contributed by atoms with Crippen LogP contribution in [0.25, 0.3) is 11.5 Å². The van der Waals surface area contributed by atoms with Crippen LogP contribution in [0.4, 0.5) is 0 Å². The van der Waals surface area contributed by atoms with Gasteiger partial charge in [-0.1, -0.05) is 0 Å². The van der Waals surface area contributed by atoms with E-state index in [0.29, 0.717) is 11.5 Å². The first-order valence-corrected chi connectivity index (χ1v) is 3.96. The van der Waals surface area contributed by atoms with Gasteiger partial charge in [-0.15, -0.1) is 0 Å². The Morgan fingerprint density at radius 3 is 2.86 bits per heavy atom. The van der Waals surface area contributed by atoms with E-state index in [9.17, 15) is 4.79 Å². The Balaban J connectivity index is 2.46. The normalized spacial score (nSPS) is 10.0. The molecule has 0 fully saturated rings. The van der Waals surface area contributed by atoms with Crippen LogP contribution in [-0.2, 0) is 0 Å². The Hall–Kier alpha value is -2.17. The second-order valence-corrected chi connectivity index (χ2v) is 2.67. The van der Waals surface area contributed by atoms with Crippen LogP contribution >= 0.6 is 0 Å². The number of aromatic amines is 1. The monoisotopic (exact) mass is 189 g/mol. The summed E-state index contributed by atoms with van der Waals surface area (Å²) in [7, 11) is 0.